The Morgan fingerprint density at radius 3 is 3.00 bits per heavy atom. The van der Waals surface area contributed by atoms with Crippen LogP contribution in [0.2, 0.25) is 0 Å². The van der Waals surface area contributed by atoms with Crippen LogP contribution < -0.4 is 5.32 Å². The van der Waals surface area contributed by atoms with Crippen LogP contribution in [0.1, 0.15) is 24.0 Å². The van der Waals surface area contributed by atoms with Gasteiger partial charge in [0.05, 0.1) is 5.69 Å². The second-order valence-electron chi connectivity index (χ2n) is 4.31. The van der Waals surface area contributed by atoms with Crippen molar-refractivity contribution < 1.29 is 0 Å². The second kappa shape index (κ2) is 8.08. The zero-order chi connectivity index (χ0) is 12.7. The van der Waals surface area contributed by atoms with Crippen molar-refractivity contribution in [2.24, 2.45) is 0 Å². The molecule has 1 unspecified atom stereocenters. The maximum atomic E-state index is 4.61. The number of hydrogen-bond acceptors (Lipinski definition) is 5. The van der Waals surface area contributed by atoms with Crippen LogP contribution in [0.15, 0.2) is 5.38 Å². The summed E-state index contributed by atoms with van der Waals surface area (Å²) in [6.07, 6.45) is 3.41. The van der Waals surface area contributed by atoms with E-state index in [1.165, 1.54) is 22.9 Å². The molecule has 1 aromatic rings. The molecule has 1 aromatic heterocycles. The van der Waals surface area contributed by atoms with Crippen molar-refractivity contribution in [1.29, 1.82) is 0 Å². The summed E-state index contributed by atoms with van der Waals surface area (Å²) in [7, 11) is 4.14. The topological polar surface area (TPSA) is 28.2 Å². The van der Waals surface area contributed by atoms with Crippen LogP contribution >= 0.6 is 23.1 Å². The Labute approximate surface area is 113 Å². The van der Waals surface area contributed by atoms with E-state index in [4.69, 9.17) is 0 Å². The third-order valence-corrected chi connectivity index (χ3v) is 4.37. The predicted molar refractivity (Wildman–Crippen MR) is 78.8 cm³/mol. The first-order chi connectivity index (χ1) is 8.17. The van der Waals surface area contributed by atoms with Gasteiger partial charge in [-0.15, -0.1) is 11.3 Å². The van der Waals surface area contributed by atoms with Crippen LogP contribution in [0.4, 0.5) is 0 Å². The molecule has 5 heteroatoms. The molecule has 1 N–H and O–H groups in total. The number of nitrogens with one attached hydrogen (secondary N) is 1. The fourth-order valence-corrected chi connectivity index (χ4v) is 2.95. The normalized spacial score (nSPS) is 13.2. The Balaban J connectivity index is 2.40. The molecule has 3 nitrogen and oxygen atoms in total. The van der Waals surface area contributed by atoms with E-state index in [0.29, 0.717) is 6.04 Å². The van der Waals surface area contributed by atoms with Crippen LogP contribution in [0.3, 0.4) is 0 Å². The Morgan fingerprint density at radius 1 is 1.59 bits per heavy atom. The Morgan fingerprint density at radius 2 is 2.35 bits per heavy atom. The fourth-order valence-electron chi connectivity index (χ4n) is 1.57. The molecule has 0 radical (unpaired) electrons. The Hall–Kier alpha value is -0.100. The predicted octanol–water partition coefficient (Wildman–Crippen LogP) is 2.44. The molecule has 0 aliphatic rings. The van der Waals surface area contributed by atoms with E-state index in [9.17, 15) is 0 Å². The molecule has 17 heavy (non-hydrogen) atoms. The molecular weight excluding hydrogens is 250 g/mol. The Kier molecular flexibility index (Phi) is 7.11. The molecule has 0 fully saturated rings. The lowest BCUT2D eigenvalue weighted by atomic mass is 10.2. The number of hydrogen-bond donors (Lipinski definition) is 1. The van der Waals surface area contributed by atoms with Crippen molar-refractivity contribution in [3.63, 3.8) is 0 Å². The standard InChI is InChI=1S/C12H23N3S2/c1-10(5-6-16-4)15(3)8-11-9-17-12(14-11)7-13-2/h9-10,13H,5-8H2,1-4H3. The van der Waals surface area contributed by atoms with Crippen molar-refractivity contribution in [2.45, 2.75) is 32.5 Å². The summed E-state index contributed by atoms with van der Waals surface area (Å²) in [5, 5.41) is 6.48. The summed E-state index contributed by atoms with van der Waals surface area (Å²) in [6, 6.07) is 0.622. The van der Waals surface area contributed by atoms with Crippen LogP contribution in [0.5, 0.6) is 0 Å². The minimum absolute atomic E-state index is 0.622. The third-order valence-electron chi connectivity index (χ3n) is 2.83. The second-order valence-corrected chi connectivity index (χ2v) is 6.24. The van der Waals surface area contributed by atoms with Crippen molar-refractivity contribution in [3.8, 4) is 0 Å². The van der Waals surface area contributed by atoms with Gasteiger partial charge in [-0.1, -0.05) is 0 Å². The maximum absolute atomic E-state index is 4.61. The van der Waals surface area contributed by atoms with Gasteiger partial charge < -0.3 is 5.32 Å². The van der Waals surface area contributed by atoms with Gasteiger partial charge in [-0.3, -0.25) is 4.90 Å². The maximum Gasteiger partial charge on any atom is 0.107 e. The summed E-state index contributed by atoms with van der Waals surface area (Å²) in [5.41, 5.74) is 1.19. The third kappa shape index (κ3) is 5.38. The number of thioether (sulfide) groups is 1. The van der Waals surface area contributed by atoms with Gasteiger partial charge in [0.2, 0.25) is 0 Å². The molecule has 1 rings (SSSR count). The lowest BCUT2D eigenvalue weighted by molar-refractivity contribution is 0.242. The average Bonchev–Trinajstić information content (AvgIpc) is 2.74. The van der Waals surface area contributed by atoms with Gasteiger partial charge >= 0.3 is 0 Å². The van der Waals surface area contributed by atoms with Gasteiger partial charge in [0.15, 0.2) is 0 Å². The van der Waals surface area contributed by atoms with Crippen molar-refractivity contribution in [3.05, 3.63) is 16.1 Å². The van der Waals surface area contributed by atoms with Crippen molar-refractivity contribution in [2.75, 3.05) is 26.1 Å². The lowest BCUT2D eigenvalue weighted by Gasteiger charge is -2.23. The van der Waals surface area contributed by atoms with Crippen LogP contribution in [0.25, 0.3) is 0 Å². The van der Waals surface area contributed by atoms with E-state index in [2.05, 4.69) is 40.8 Å². The largest absolute Gasteiger partial charge is 0.314 e. The number of thiazole rings is 1. The average molecular weight is 273 g/mol. The summed E-state index contributed by atoms with van der Waals surface area (Å²) in [4.78, 5) is 7.00. The lowest BCUT2D eigenvalue weighted by Crippen LogP contribution is -2.29. The number of nitrogens with zero attached hydrogens (tertiary/aromatic N) is 2. The van der Waals surface area contributed by atoms with Gasteiger partial charge in [-0.05, 0) is 39.4 Å². The monoisotopic (exact) mass is 273 g/mol. The first-order valence-electron chi connectivity index (χ1n) is 5.94. The molecule has 0 spiro atoms. The minimum atomic E-state index is 0.622. The summed E-state index contributed by atoms with van der Waals surface area (Å²) >= 11 is 3.66. The molecule has 98 valence electrons. The molecule has 0 saturated carbocycles. The number of rotatable bonds is 8. The van der Waals surface area contributed by atoms with Crippen molar-refractivity contribution >= 4 is 23.1 Å². The molecule has 0 bridgehead atoms. The molecule has 1 heterocycles. The van der Waals surface area contributed by atoms with Crippen LogP contribution in [0, 0.1) is 0 Å². The smallest absolute Gasteiger partial charge is 0.107 e. The fraction of sp³-hybridized carbons (Fsp3) is 0.750. The van der Waals surface area contributed by atoms with E-state index in [1.54, 1.807) is 11.3 Å². The van der Waals surface area contributed by atoms with Gasteiger partial charge in [-0.25, -0.2) is 4.98 Å². The van der Waals surface area contributed by atoms with E-state index in [1.807, 2.05) is 18.8 Å². The first-order valence-corrected chi connectivity index (χ1v) is 8.21. The minimum Gasteiger partial charge on any atom is -0.314 e. The Bertz CT molecular complexity index is 314. The zero-order valence-electron chi connectivity index (χ0n) is 11.2. The molecular formula is C12H23N3S2. The first kappa shape index (κ1) is 15.0. The van der Waals surface area contributed by atoms with Gasteiger partial charge in [0.1, 0.15) is 5.01 Å². The summed E-state index contributed by atoms with van der Waals surface area (Å²) < 4.78 is 0. The van der Waals surface area contributed by atoms with E-state index < -0.39 is 0 Å². The van der Waals surface area contributed by atoms with Gasteiger partial charge in [-0.2, -0.15) is 11.8 Å². The SMILES string of the molecule is CNCc1nc(CN(C)C(C)CCSC)cs1. The molecule has 0 aliphatic heterocycles. The number of aromatic nitrogens is 1. The summed E-state index contributed by atoms with van der Waals surface area (Å²) in [6.45, 7) is 4.11. The van der Waals surface area contributed by atoms with E-state index in [0.717, 1.165) is 13.1 Å². The molecule has 0 aromatic carbocycles. The zero-order valence-corrected chi connectivity index (χ0v) is 12.8. The van der Waals surface area contributed by atoms with Gasteiger partial charge in [0, 0.05) is 24.5 Å². The van der Waals surface area contributed by atoms with Crippen LogP contribution in [-0.4, -0.2) is 42.0 Å². The summed E-state index contributed by atoms with van der Waals surface area (Å²) in [5.74, 6) is 1.23. The highest BCUT2D eigenvalue weighted by Crippen LogP contribution is 2.14. The van der Waals surface area contributed by atoms with E-state index >= 15 is 0 Å². The quantitative estimate of drug-likeness (QED) is 0.787. The van der Waals surface area contributed by atoms with Crippen LogP contribution in [-0.2, 0) is 13.1 Å². The highest BCUT2D eigenvalue weighted by Gasteiger charge is 2.11. The highest BCUT2D eigenvalue weighted by molar-refractivity contribution is 7.98. The molecule has 0 saturated heterocycles. The molecule has 0 aliphatic carbocycles. The van der Waals surface area contributed by atoms with E-state index in [-0.39, 0.29) is 0 Å². The highest BCUT2D eigenvalue weighted by atomic mass is 32.2. The van der Waals surface area contributed by atoms with Gasteiger partial charge in [0.25, 0.3) is 0 Å². The molecule has 0 amide bonds. The van der Waals surface area contributed by atoms with Crippen molar-refractivity contribution in [1.82, 2.24) is 15.2 Å². The molecule has 1 atom stereocenters.